The number of benzene rings is 4. The number of allylic oxidation sites excluding steroid dienone is 4. The van der Waals surface area contributed by atoms with E-state index in [9.17, 15) is 24.0 Å². The third-order valence-corrected chi connectivity index (χ3v) is 16.8. The first-order valence-corrected chi connectivity index (χ1v) is 29.6. The smallest absolute Gasteiger partial charge is 0.254 e. The molecular formula is C64H82IN5O5. The highest BCUT2D eigenvalue weighted by molar-refractivity contribution is 14.1. The Kier molecular flexibility index (Phi) is 23.7. The fourth-order valence-electron chi connectivity index (χ4n) is 11.2. The average Bonchev–Trinajstić information content (AvgIpc) is 3.45. The maximum Gasteiger partial charge on any atom is 0.254 e. The molecule has 11 heteroatoms. The average molecular weight is 1130 g/mol. The van der Waals surface area contributed by atoms with Gasteiger partial charge in [-0.1, -0.05) is 137 Å². The molecule has 0 saturated carbocycles. The van der Waals surface area contributed by atoms with Crippen LogP contribution < -0.4 is 11.1 Å². The highest BCUT2D eigenvalue weighted by Gasteiger charge is 2.36. The standard InChI is InChI=1S/C45H55IN4O5.C19H27N/c46-41-25-9-12-28-50(41)45(55)37-30-35(43(53)48-26-10-7-23-39(48)32-51)29-36(31-37)44(54)49-27-11-8-24-40(49)42(52)47-38(21-13-19-33-15-3-1-4-16-33)22-14-20-34-17-5-2-6-18-34;20-19(15-7-13-17-9-3-1-4-10-17)16-8-14-18-11-5-2-6-12-18/h1-6,15-18,29-32,38-41H,7-14,19-28H2,(H,47,52);1-5,9-11,19H,6-8,12-16,20H2. The largest absolute Gasteiger partial charge is 0.352 e. The van der Waals surface area contributed by atoms with Gasteiger partial charge in [-0.05, 0) is 183 Å². The Labute approximate surface area is 461 Å². The molecule has 3 N–H and O–H groups in total. The summed E-state index contributed by atoms with van der Waals surface area (Å²) in [4.78, 5) is 73.9. The Morgan fingerprint density at radius 2 is 1.05 bits per heavy atom. The van der Waals surface area contributed by atoms with E-state index in [1.807, 2.05) is 17.0 Å². The van der Waals surface area contributed by atoms with Crippen LogP contribution in [-0.2, 0) is 28.9 Å². The summed E-state index contributed by atoms with van der Waals surface area (Å²) in [7, 11) is 0. The molecule has 3 heterocycles. The van der Waals surface area contributed by atoms with Crippen molar-refractivity contribution >= 4 is 52.5 Å². The first-order chi connectivity index (χ1) is 36.7. The summed E-state index contributed by atoms with van der Waals surface area (Å²) in [5, 5.41) is 3.37. The van der Waals surface area contributed by atoms with Gasteiger partial charge in [0.25, 0.3) is 17.7 Å². The number of alkyl halides is 1. The summed E-state index contributed by atoms with van der Waals surface area (Å²) >= 11 is 2.30. The highest BCUT2D eigenvalue weighted by atomic mass is 127. The first-order valence-electron chi connectivity index (χ1n) is 28.4. The van der Waals surface area contributed by atoms with E-state index >= 15 is 0 Å². The summed E-state index contributed by atoms with van der Waals surface area (Å²) in [6, 6.07) is 35.4. The van der Waals surface area contributed by atoms with Gasteiger partial charge < -0.3 is 30.5 Å². The predicted octanol–water partition coefficient (Wildman–Crippen LogP) is 12.6. The number of carbonyl (C=O) groups is 5. The lowest BCUT2D eigenvalue weighted by atomic mass is 9.95. The number of hydrogen-bond donors (Lipinski definition) is 2. The van der Waals surface area contributed by atoms with E-state index in [1.54, 1.807) is 33.6 Å². The molecule has 4 aromatic carbocycles. The van der Waals surface area contributed by atoms with Crippen molar-refractivity contribution in [2.75, 3.05) is 19.6 Å². The van der Waals surface area contributed by atoms with Crippen LogP contribution in [0.25, 0.3) is 0 Å². The minimum absolute atomic E-state index is 0.0161. The van der Waals surface area contributed by atoms with E-state index in [1.165, 1.54) is 48.8 Å². The molecule has 4 aliphatic rings. The van der Waals surface area contributed by atoms with Crippen molar-refractivity contribution in [1.29, 1.82) is 0 Å². The van der Waals surface area contributed by atoms with Gasteiger partial charge in [-0.25, -0.2) is 0 Å². The number of carbonyl (C=O) groups excluding carboxylic acids is 5. The van der Waals surface area contributed by atoms with E-state index in [0.717, 1.165) is 109 Å². The summed E-state index contributed by atoms with van der Waals surface area (Å²) < 4.78 is 0.0161. The molecule has 3 fully saturated rings. The molecule has 10 nitrogen and oxygen atoms in total. The summed E-state index contributed by atoms with van der Waals surface area (Å²) in [6.45, 7) is 1.46. The normalized spacial score (nSPS) is 19.1. The number of rotatable bonds is 22. The van der Waals surface area contributed by atoms with Gasteiger partial charge in [-0.2, -0.15) is 0 Å². The van der Waals surface area contributed by atoms with Crippen LogP contribution >= 0.6 is 22.6 Å². The van der Waals surface area contributed by atoms with Gasteiger partial charge in [0.1, 0.15) is 12.3 Å². The van der Waals surface area contributed by atoms with E-state index in [0.29, 0.717) is 38.5 Å². The molecule has 4 aromatic rings. The number of likely N-dealkylation sites (tertiary alicyclic amines) is 3. The lowest BCUT2D eigenvalue weighted by Gasteiger charge is -2.36. The van der Waals surface area contributed by atoms with Gasteiger partial charge in [-0.15, -0.1) is 0 Å². The number of nitrogens with two attached hydrogens (primary N) is 1. The van der Waals surface area contributed by atoms with Crippen molar-refractivity contribution in [3.63, 3.8) is 0 Å². The second-order valence-electron chi connectivity index (χ2n) is 21.2. The monoisotopic (exact) mass is 1130 g/mol. The molecule has 3 aliphatic heterocycles. The lowest BCUT2D eigenvalue weighted by molar-refractivity contribution is -0.127. The minimum atomic E-state index is -0.659. The number of piperidine rings is 3. The molecule has 4 amide bonds. The lowest BCUT2D eigenvalue weighted by Crippen LogP contribution is -2.53. The van der Waals surface area contributed by atoms with E-state index in [4.69, 9.17) is 5.73 Å². The predicted molar refractivity (Wildman–Crippen MR) is 311 cm³/mol. The number of hydrogen-bond acceptors (Lipinski definition) is 6. The van der Waals surface area contributed by atoms with E-state index in [-0.39, 0.29) is 50.4 Å². The van der Waals surface area contributed by atoms with Gasteiger partial charge in [0.2, 0.25) is 5.91 Å². The second-order valence-corrected chi connectivity index (χ2v) is 22.7. The number of amides is 4. The third kappa shape index (κ3) is 18.1. The topological polar surface area (TPSA) is 133 Å². The fourth-order valence-corrected chi connectivity index (χ4v) is 12.2. The van der Waals surface area contributed by atoms with Gasteiger partial charge >= 0.3 is 0 Å². The maximum atomic E-state index is 14.6. The fraction of sp³-hybridized carbons (Fsp3) is 0.484. The molecule has 1 aliphatic carbocycles. The van der Waals surface area contributed by atoms with Gasteiger partial charge in [0.05, 0.1) is 10.1 Å². The van der Waals surface area contributed by atoms with Crippen molar-refractivity contribution in [3.05, 3.63) is 166 Å². The Balaban J connectivity index is 0.000000342. The molecule has 8 rings (SSSR count). The van der Waals surface area contributed by atoms with E-state index in [2.05, 4.69) is 125 Å². The molecule has 0 radical (unpaired) electrons. The molecule has 3 saturated heterocycles. The summed E-state index contributed by atoms with van der Waals surface area (Å²) in [5.41, 5.74) is 12.5. The van der Waals surface area contributed by atoms with Crippen LogP contribution in [0.5, 0.6) is 0 Å². The molecule has 0 spiro atoms. The number of nitrogens with one attached hydrogen (secondary N) is 1. The molecule has 0 bridgehead atoms. The minimum Gasteiger partial charge on any atom is -0.352 e. The van der Waals surface area contributed by atoms with E-state index < -0.39 is 12.1 Å². The van der Waals surface area contributed by atoms with Gasteiger partial charge in [0, 0.05) is 48.4 Å². The Bertz CT molecular complexity index is 2440. The Morgan fingerprint density at radius 3 is 1.57 bits per heavy atom. The molecule has 400 valence electrons. The van der Waals surface area contributed by atoms with Crippen LogP contribution in [0, 0.1) is 0 Å². The van der Waals surface area contributed by atoms with Gasteiger partial charge in [0.15, 0.2) is 0 Å². The van der Waals surface area contributed by atoms with Crippen molar-refractivity contribution in [3.8, 4) is 0 Å². The van der Waals surface area contributed by atoms with Crippen LogP contribution in [0.2, 0.25) is 0 Å². The molecular weight excluding hydrogens is 1050 g/mol. The zero-order chi connectivity index (χ0) is 52.6. The van der Waals surface area contributed by atoms with Crippen molar-refractivity contribution in [2.45, 2.75) is 176 Å². The number of halogens is 1. The SMILES string of the molecule is NC(CCCC1=CC=CCC1)CCCc1ccccc1.O=CC1CCCCN1C(=O)c1cc(C(=O)N2CCCCC2I)cc(C(=O)N2CCCCC2C(=O)NC(CCCc2ccccc2)CCCc2ccccc2)c1. The van der Waals surface area contributed by atoms with Crippen LogP contribution in [0.15, 0.2) is 133 Å². The van der Waals surface area contributed by atoms with Crippen molar-refractivity contribution in [1.82, 2.24) is 20.0 Å². The Hall–Kier alpha value is -5.40. The van der Waals surface area contributed by atoms with Crippen LogP contribution in [0.1, 0.15) is 176 Å². The van der Waals surface area contributed by atoms with Crippen LogP contribution in [0.4, 0.5) is 0 Å². The first kappa shape index (κ1) is 57.3. The Morgan fingerprint density at radius 1 is 0.587 bits per heavy atom. The molecule has 0 aromatic heterocycles. The van der Waals surface area contributed by atoms with Crippen molar-refractivity contribution < 1.29 is 24.0 Å². The van der Waals surface area contributed by atoms with Crippen LogP contribution in [0.3, 0.4) is 0 Å². The van der Waals surface area contributed by atoms with Crippen molar-refractivity contribution in [2.24, 2.45) is 5.73 Å². The van der Waals surface area contributed by atoms with Gasteiger partial charge in [-0.3, -0.25) is 19.2 Å². The quantitative estimate of drug-likeness (QED) is 0.0348. The molecule has 4 atom stereocenters. The maximum absolute atomic E-state index is 14.6. The van der Waals surface area contributed by atoms with Crippen LogP contribution in [-0.4, -0.2) is 92.5 Å². The zero-order valence-corrected chi connectivity index (χ0v) is 46.5. The highest BCUT2D eigenvalue weighted by Crippen LogP contribution is 2.29. The summed E-state index contributed by atoms with van der Waals surface area (Å²) in [6.07, 6.45) is 29.7. The number of aldehydes is 1. The number of aryl methyl sites for hydroxylation is 3. The second kappa shape index (κ2) is 31.0. The molecule has 75 heavy (non-hydrogen) atoms. The molecule has 4 unspecified atom stereocenters. The number of nitrogens with zero attached hydrogens (tertiary/aromatic N) is 3. The third-order valence-electron chi connectivity index (χ3n) is 15.5. The zero-order valence-electron chi connectivity index (χ0n) is 44.3. The summed E-state index contributed by atoms with van der Waals surface area (Å²) in [5.74, 6) is -1.07.